The average Bonchev–Trinajstić information content (AvgIpc) is 3.42. The first-order valence-corrected chi connectivity index (χ1v) is 11.0. The summed E-state index contributed by atoms with van der Waals surface area (Å²) in [5, 5.41) is 9.82. The van der Waals surface area contributed by atoms with E-state index >= 15 is 0 Å². The first-order valence-electron chi connectivity index (χ1n) is 10.6. The molecular formula is C23H20ClN5O5. The van der Waals surface area contributed by atoms with Crippen LogP contribution in [0.2, 0.25) is 5.02 Å². The number of benzene rings is 2. The van der Waals surface area contributed by atoms with Crippen LogP contribution in [0.25, 0.3) is 11.4 Å². The van der Waals surface area contributed by atoms with Gasteiger partial charge >= 0.3 is 6.01 Å². The summed E-state index contributed by atoms with van der Waals surface area (Å²) >= 11 is 6.17. The molecule has 2 aliphatic heterocycles. The fraction of sp³-hybridized carbons (Fsp3) is 0.261. The molecule has 1 fully saturated rings. The Morgan fingerprint density at radius 2 is 2.09 bits per heavy atom. The van der Waals surface area contributed by atoms with Gasteiger partial charge in [-0.25, -0.2) is 0 Å². The Balaban J connectivity index is 1.27. The third-order valence-electron chi connectivity index (χ3n) is 5.87. The van der Waals surface area contributed by atoms with Gasteiger partial charge in [-0.1, -0.05) is 35.0 Å². The lowest BCUT2D eigenvalue weighted by atomic mass is 10.0. The van der Waals surface area contributed by atoms with Crippen molar-refractivity contribution in [3.8, 4) is 17.1 Å². The predicted octanol–water partition coefficient (Wildman–Crippen LogP) is 2.77. The number of nitrogens with zero attached hydrogens (tertiary/aromatic N) is 3. The highest BCUT2D eigenvalue weighted by atomic mass is 35.5. The standard InChI is InChI=1S/C23H20ClN5O5/c1-33-19-15(3-2-4-16(19)24)20-27-23(34-28-20)25-10-12-5-6-14-13(9-12)11-29(22(14)32)17-7-8-18(30)26-21(17)31/h2-6,9,17H,7-8,10-11H2,1H3,(H,25,27,28)(H,26,30,31). The Hall–Kier alpha value is -3.92. The van der Waals surface area contributed by atoms with E-state index in [-0.39, 0.29) is 24.2 Å². The molecule has 34 heavy (non-hydrogen) atoms. The molecule has 1 atom stereocenters. The van der Waals surface area contributed by atoms with Crippen LogP contribution in [0.3, 0.4) is 0 Å². The fourth-order valence-electron chi connectivity index (χ4n) is 4.21. The Labute approximate surface area is 199 Å². The summed E-state index contributed by atoms with van der Waals surface area (Å²) in [4.78, 5) is 42.3. The van der Waals surface area contributed by atoms with Crippen molar-refractivity contribution in [2.24, 2.45) is 0 Å². The highest BCUT2D eigenvalue weighted by molar-refractivity contribution is 6.32. The number of piperidine rings is 1. The van der Waals surface area contributed by atoms with E-state index in [9.17, 15) is 14.4 Å². The second-order valence-electron chi connectivity index (χ2n) is 7.99. The molecule has 0 bridgehead atoms. The average molecular weight is 482 g/mol. The molecule has 0 aliphatic carbocycles. The summed E-state index contributed by atoms with van der Waals surface area (Å²) in [6.07, 6.45) is 0.550. The van der Waals surface area contributed by atoms with Crippen molar-refractivity contribution in [3.63, 3.8) is 0 Å². The zero-order chi connectivity index (χ0) is 23.8. The van der Waals surface area contributed by atoms with Gasteiger partial charge in [-0.3, -0.25) is 19.7 Å². The first kappa shape index (κ1) is 21.9. The van der Waals surface area contributed by atoms with Crippen LogP contribution in [0.4, 0.5) is 6.01 Å². The number of hydrogen-bond donors (Lipinski definition) is 2. The van der Waals surface area contributed by atoms with Gasteiger partial charge in [0, 0.05) is 25.1 Å². The number of carbonyl (C=O) groups is 3. The molecule has 0 saturated carbocycles. The van der Waals surface area contributed by atoms with Crippen molar-refractivity contribution >= 4 is 35.3 Å². The maximum absolute atomic E-state index is 12.8. The number of fused-ring (bicyclic) bond motifs is 1. The lowest BCUT2D eigenvalue weighted by Crippen LogP contribution is -2.52. The molecule has 2 aliphatic rings. The van der Waals surface area contributed by atoms with E-state index in [1.807, 2.05) is 12.1 Å². The predicted molar refractivity (Wildman–Crippen MR) is 121 cm³/mol. The van der Waals surface area contributed by atoms with E-state index in [2.05, 4.69) is 20.8 Å². The van der Waals surface area contributed by atoms with Gasteiger partial charge in [0.05, 0.1) is 17.7 Å². The molecule has 2 N–H and O–H groups in total. The molecule has 1 unspecified atom stereocenters. The van der Waals surface area contributed by atoms with Gasteiger partial charge in [0.1, 0.15) is 11.8 Å². The normalized spacial score (nSPS) is 17.5. The number of anilines is 1. The van der Waals surface area contributed by atoms with Crippen molar-refractivity contribution in [2.75, 3.05) is 12.4 Å². The van der Waals surface area contributed by atoms with Gasteiger partial charge in [0.2, 0.25) is 17.6 Å². The SMILES string of the molecule is COc1c(Cl)cccc1-c1noc(NCc2ccc3c(c2)CN(C2CCC(=O)NC2=O)C3=O)n1. The molecule has 0 radical (unpaired) electrons. The number of halogens is 1. The van der Waals surface area contributed by atoms with Gasteiger partial charge in [-0.15, -0.1) is 0 Å². The number of imide groups is 1. The molecule has 1 saturated heterocycles. The van der Waals surface area contributed by atoms with Gasteiger partial charge in [0.15, 0.2) is 0 Å². The number of carbonyl (C=O) groups excluding carboxylic acids is 3. The minimum Gasteiger partial charge on any atom is -0.494 e. The maximum Gasteiger partial charge on any atom is 0.322 e. The number of nitrogens with one attached hydrogen (secondary N) is 2. The highest BCUT2D eigenvalue weighted by Crippen LogP contribution is 2.35. The van der Waals surface area contributed by atoms with Crippen LogP contribution < -0.4 is 15.4 Å². The number of rotatable bonds is 6. The quantitative estimate of drug-likeness (QED) is 0.514. The number of para-hydroxylation sites is 1. The third-order valence-corrected chi connectivity index (χ3v) is 6.17. The molecule has 2 aromatic carbocycles. The summed E-state index contributed by atoms with van der Waals surface area (Å²) < 4.78 is 10.6. The summed E-state index contributed by atoms with van der Waals surface area (Å²) in [5.41, 5.74) is 2.89. The maximum atomic E-state index is 12.8. The van der Waals surface area contributed by atoms with Crippen molar-refractivity contribution in [1.82, 2.24) is 20.4 Å². The molecular weight excluding hydrogens is 462 g/mol. The minimum absolute atomic E-state index is 0.207. The molecule has 3 heterocycles. The topological polar surface area (TPSA) is 127 Å². The smallest absolute Gasteiger partial charge is 0.322 e. The number of methoxy groups -OCH3 is 1. The zero-order valence-corrected chi connectivity index (χ0v) is 18.9. The van der Waals surface area contributed by atoms with Crippen molar-refractivity contribution in [3.05, 3.63) is 58.1 Å². The van der Waals surface area contributed by atoms with Crippen LogP contribution in [0.5, 0.6) is 5.75 Å². The Kier molecular flexibility index (Phi) is 5.66. The summed E-state index contributed by atoms with van der Waals surface area (Å²) in [5.74, 6) is -0.151. The molecule has 11 heteroatoms. The Morgan fingerprint density at radius 1 is 1.24 bits per heavy atom. The molecule has 3 amide bonds. The second kappa shape index (κ2) is 8.79. The minimum atomic E-state index is -0.639. The molecule has 0 spiro atoms. The molecule has 10 nitrogen and oxygen atoms in total. The number of aromatic nitrogens is 2. The largest absolute Gasteiger partial charge is 0.494 e. The third kappa shape index (κ3) is 3.96. The van der Waals surface area contributed by atoms with Crippen LogP contribution in [0.1, 0.15) is 34.3 Å². The van der Waals surface area contributed by atoms with Gasteiger partial charge in [-0.2, -0.15) is 4.98 Å². The van der Waals surface area contributed by atoms with Gasteiger partial charge < -0.3 is 19.5 Å². The van der Waals surface area contributed by atoms with Crippen molar-refractivity contribution in [2.45, 2.75) is 32.0 Å². The summed E-state index contributed by atoms with van der Waals surface area (Å²) in [6, 6.07) is 10.3. The van der Waals surface area contributed by atoms with E-state index < -0.39 is 11.9 Å². The Morgan fingerprint density at radius 3 is 2.88 bits per heavy atom. The van der Waals surface area contributed by atoms with Crippen LogP contribution in [-0.2, 0) is 22.7 Å². The van der Waals surface area contributed by atoms with E-state index in [0.717, 1.165) is 11.1 Å². The summed E-state index contributed by atoms with van der Waals surface area (Å²) in [7, 11) is 1.52. The summed E-state index contributed by atoms with van der Waals surface area (Å²) in [6.45, 7) is 0.696. The number of amides is 3. The molecule has 3 aromatic rings. The monoisotopic (exact) mass is 481 g/mol. The van der Waals surface area contributed by atoms with Crippen molar-refractivity contribution < 1.29 is 23.6 Å². The Bertz CT molecular complexity index is 1310. The van der Waals surface area contributed by atoms with Crippen LogP contribution in [-0.4, -0.2) is 45.9 Å². The second-order valence-corrected chi connectivity index (χ2v) is 8.40. The fourth-order valence-corrected chi connectivity index (χ4v) is 4.46. The molecule has 1 aromatic heterocycles. The lowest BCUT2D eigenvalue weighted by Gasteiger charge is -2.29. The van der Waals surface area contributed by atoms with E-state index in [4.69, 9.17) is 20.9 Å². The van der Waals surface area contributed by atoms with E-state index in [0.29, 0.717) is 47.2 Å². The van der Waals surface area contributed by atoms with Gasteiger partial charge in [0.25, 0.3) is 5.91 Å². The first-order chi connectivity index (χ1) is 16.4. The highest BCUT2D eigenvalue weighted by Gasteiger charge is 2.39. The number of ether oxygens (including phenoxy) is 1. The van der Waals surface area contributed by atoms with Gasteiger partial charge in [-0.05, 0) is 35.7 Å². The molecule has 174 valence electrons. The van der Waals surface area contributed by atoms with Crippen molar-refractivity contribution in [1.29, 1.82) is 0 Å². The molecule has 5 rings (SSSR count). The lowest BCUT2D eigenvalue weighted by molar-refractivity contribution is -0.136. The zero-order valence-electron chi connectivity index (χ0n) is 18.1. The van der Waals surface area contributed by atoms with Crippen LogP contribution in [0, 0.1) is 0 Å². The van der Waals surface area contributed by atoms with E-state index in [1.54, 1.807) is 24.3 Å². The van der Waals surface area contributed by atoms with E-state index in [1.165, 1.54) is 12.0 Å². The van der Waals surface area contributed by atoms with Crippen LogP contribution >= 0.6 is 11.6 Å². The van der Waals surface area contributed by atoms with Crippen LogP contribution in [0.15, 0.2) is 40.9 Å². The number of hydrogen-bond acceptors (Lipinski definition) is 8.